The molecule has 0 radical (unpaired) electrons. The average molecular weight is 464 g/mol. The van der Waals surface area contributed by atoms with Gasteiger partial charge in [-0.2, -0.15) is 0 Å². The van der Waals surface area contributed by atoms with E-state index in [2.05, 4.69) is 15.5 Å². The molecule has 0 bridgehead atoms. The van der Waals surface area contributed by atoms with Gasteiger partial charge in [0.25, 0.3) is 0 Å². The van der Waals surface area contributed by atoms with Crippen molar-refractivity contribution in [3.8, 4) is 16.9 Å². The fourth-order valence-electron chi connectivity index (χ4n) is 3.07. The predicted octanol–water partition coefficient (Wildman–Crippen LogP) is 4.50. The summed E-state index contributed by atoms with van der Waals surface area (Å²) in [5, 5.41) is 11.0. The highest BCUT2D eigenvalue weighted by Crippen LogP contribution is 2.29. The highest BCUT2D eigenvalue weighted by Gasteiger charge is 2.20. The molecule has 1 amide bonds. The number of halogens is 1. The second-order valence-electron chi connectivity index (χ2n) is 7.17. The summed E-state index contributed by atoms with van der Waals surface area (Å²) in [5.74, 6) is 6.42. The van der Waals surface area contributed by atoms with Crippen molar-refractivity contribution in [2.75, 3.05) is 11.2 Å². The first-order valence-electron chi connectivity index (χ1n) is 10.2. The Morgan fingerprint density at radius 3 is 2.52 bits per heavy atom. The molecule has 0 aliphatic heterocycles. The minimum Gasteiger partial charge on any atom is -0.486 e. The number of hydrogen-bond acceptors (Lipinski definition) is 6. The highest BCUT2D eigenvalue weighted by molar-refractivity contribution is 8.00. The molecule has 1 heterocycles. The van der Waals surface area contributed by atoms with Gasteiger partial charge in [0.05, 0.1) is 5.25 Å². The van der Waals surface area contributed by atoms with Crippen LogP contribution < -0.4 is 15.9 Å². The maximum atomic E-state index is 13.0. The smallest absolute Gasteiger partial charge is 0.237 e. The Balaban J connectivity index is 1.39. The number of nitrogen functional groups attached to an aromatic ring is 1. The number of hydrogen-bond donors (Lipinski definition) is 2. The number of nitrogens with zero attached hydrogens (tertiary/aromatic N) is 3. The zero-order valence-electron chi connectivity index (χ0n) is 17.8. The lowest BCUT2D eigenvalue weighted by atomic mass is 10.0. The maximum absolute atomic E-state index is 13.0. The molecule has 1 unspecified atom stereocenters. The van der Waals surface area contributed by atoms with Gasteiger partial charge in [-0.3, -0.25) is 4.79 Å². The van der Waals surface area contributed by atoms with E-state index in [1.807, 2.05) is 54.6 Å². The Labute approximate surface area is 194 Å². The van der Waals surface area contributed by atoms with Gasteiger partial charge in [-0.15, -0.1) is 10.2 Å². The second kappa shape index (κ2) is 10.2. The van der Waals surface area contributed by atoms with Crippen molar-refractivity contribution in [1.29, 1.82) is 0 Å². The lowest BCUT2D eigenvalue weighted by Gasteiger charge is -2.14. The molecule has 33 heavy (non-hydrogen) atoms. The summed E-state index contributed by atoms with van der Waals surface area (Å²) in [6.07, 6.45) is 0. The topological polar surface area (TPSA) is 95.1 Å². The number of nitrogens with two attached hydrogens (primary N) is 1. The molecule has 0 saturated carbocycles. The molecule has 0 aliphatic rings. The number of rotatable bonds is 8. The van der Waals surface area contributed by atoms with Crippen molar-refractivity contribution >= 4 is 23.4 Å². The molecule has 9 heteroatoms. The van der Waals surface area contributed by atoms with Crippen LogP contribution in [0.1, 0.15) is 12.7 Å². The van der Waals surface area contributed by atoms with Crippen LogP contribution in [0.15, 0.2) is 84.0 Å². The Morgan fingerprint density at radius 1 is 1.06 bits per heavy atom. The fourth-order valence-corrected chi connectivity index (χ4v) is 3.86. The average Bonchev–Trinajstić information content (AvgIpc) is 3.18. The van der Waals surface area contributed by atoms with E-state index >= 15 is 0 Å². The molecule has 0 spiro atoms. The van der Waals surface area contributed by atoms with Crippen LogP contribution in [0, 0.1) is 5.82 Å². The lowest BCUT2D eigenvalue weighted by Crippen LogP contribution is -2.24. The summed E-state index contributed by atoms with van der Waals surface area (Å²) in [6, 6.07) is 23.1. The van der Waals surface area contributed by atoms with Crippen LogP contribution in [0.3, 0.4) is 0 Å². The number of para-hydroxylation sites is 1. The molecule has 0 fully saturated rings. The van der Waals surface area contributed by atoms with Crippen LogP contribution >= 0.6 is 11.8 Å². The van der Waals surface area contributed by atoms with Gasteiger partial charge in [-0.1, -0.05) is 60.3 Å². The van der Waals surface area contributed by atoms with Gasteiger partial charge in [0, 0.05) is 11.3 Å². The van der Waals surface area contributed by atoms with Crippen LogP contribution in [-0.2, 0) is 11.4 Å². The number of ether oxygens (including phenoxy) is 1. The molecular weight excluding hydrogens is 441 g/mol. The first kappa shape index (κ1) is 22.3. The first-order chi connectivity index (χ1) is 16.0. The van der Waals surface area contributed by atoms with Gasteiger partial charge < -0.3 is 15.9 Å². The van der Waals surface area contributed by atoms with Crippen molar-refractivity contribution in [3.63, 3.8) is 0 Å². The molecule has 4 aromatic rings. The normalized spacial score (nSPS) is 11.7. The monoisotopic (exact) mass is 463 g/mol. The Bertz CT molecular complexity index is 1230. The molecule has 0 aliphatic carbocycles. The van der Waals surface area contributed by atoms with E-state index in [1.165, 1.54) is 40.7 Å². The number of aromatic nitrogens is 3. The van der Waals surface area contributed by atoms with Crippen LogP contribution in [0.4, 0.5) is 10.1 Å². The highest BCUT2D eigenvalue weighted by atomic mass is 32.2. The molecular formula is C24H22FN5O2S. The SMILES string of the molecule is CC(Sc1nnc(COc2ccc(F)cc2)n1N)C(=O)Nc1ccccc1-c1ccccc1. The van der Waals surface area contributed by atoms with E-state index in [0.717, 1.165) is 16.8 Å². The van der Waals surface area contributed by atoms with Gasteiger partial charge in [-0.25, -0.2) is 9.07 Å². The van der Waals surface area contributed by atoms with E-state index in [1.54, 1.807) is 6.92 Å². The quantitative estimate of drug-likeness (QED) is 0.295. The molecule has 7 nitrogen and oxygen atoms in total. The molecule has 3 aromatic carbocycles. The van der Waals surface area contributed by atoms with Gasteiger partial charge >= 0.3 is 0 Å². The predicted molar refractivity (Wildman–Crippen MR) is 127 cm³/mol. The van der Waals surface area contributed by atoms with Crippen molar-refractivity contribution in [2.24, 2.45) is 0 Å². The third-order valence-electron chi connectivity index (χ3n) is 4.84. The number of carbonyl (C=O) groups is 1. The lowest BCUT2D eigenvalue weighted by molar-refractivity contribution is -0.115. The summed E-state index contributed by atoms with van der Waals surface area (Å²) in [4.78, 5) is 12.9. The van der Waals surface area contributed by atoms with E-state index in [0.29, 0.717) is 16.7 Å². The Kier molecular flexibility index (Phi) is 6.89. The molecule has 3 N–H and O–H groups in total. The number of amides is 1. The van der Waals surface area contributed by atoms with E-state index in [4.69, 9.17) is 10.6 Å². The van der Waals surface area contributed by atoms with E-state index in [9.17, 15) is 9.18 Å². The second-order valence-corrected chi connectivity index (χ2v) is 8.48. The van der Waals surface area contributed by atoms with Crippen LogP contribution in [0.25, 0.3) is 11.1 Å². The van der Waals surface area contributed by atoms with E-state index in [-0.39, 0.29) is 18.3 Å². The zero-order chi connectivity index (χ0) is 23.2. The third-order valence-corrected chi connectivity index (χ3v) is 5.89. The Hall–Kier alpha value is -3.85. The number of carbonyl (C=O) groups excluding carboxylic acids is 1. The fraction of sp³-hybridized carbons (Fsp3) is 0.125. The minimum atomic E-state index is -0.480. The van der Waals surface area contributed by atoms with Gasteiger partial charge in [0.2, 0.25) is 11.1 Å². The van der Waals surface area contributed by atoms with E-state index < -0.39 is 5.25 Å². The number of anilines is 1. The molecule has 0 saturated heterocycles. The molecule has 168 valence electrons. The standard InChI is InChI=1S/C24H22FN5O2S/c1-16(23(31)27-21-10-6-5-9-20(21)17-7-3-2-4-8-17)33-24-29-28-22(30(24)26)15-32-19-13-11-18(25)12-14-19/h2-14,16H,15,26H2,1H3,(H,27,31). The minimum absolute atomic E-state index is 0.0563. The summed E-state index contributed by atoms with van der Waals surface area (Å²) >= 11 is 1.19. The van der Waals surface area contributed by atoms with Gasteiger partial charge in [0.1, 0.15) is 18.2 Å². The van der Waals surface area contributed by atoms with Crippen LogP contribution in [0.2, 0.25) is 0 Å². The number of thioether (sulfide) groups is 1. The molecule has 1 atom stereocenters. The van der Waals surface area contributed by atoms with Crippen molar-refractivity contribution < 1.29 is 13.9 Å². The Morgan fingerprint density at radius 2 is 1.76 bits per heavy atom. The maximum Gasteiger partial charge on any atom is 0.237 e. The summed E-state index contributed by atoms with van der Waals surface area (Å²) in [5.41, 5.74) is 2.68. The van der Waals surface area contributed by atoms with Gasteiger partial charge in [-0.05, 0) is 42.8 Å². The van der Waals surface area contributed by atoms with Crippen molar-refractivity contribution in [1.82, 2.24) is 14.9 Å². The van der Waals surface area contributed by atoms with Crippen molar-refractivity contribution in [2.45, 2.75) is 23.9 Å². The summed E-state index contributed by atoms with van der Waals surface area (Å²) < 4.78 is 19.9. The third kappa shape index (κ3) is 5.50. The summed E-state index contributed by atoms with van der Waals surface area (Å²) in [6.45, 7) is 1.83. The largest absolute Gasteiger partial charge is 0.486 e. The van der Waals surface area contributed by atoms with Gasteiger partial charge in [0.15, 0.2) is 5.82 Å². The number of benzene rings is 3. The zero-order valence-corrected chi connectivity index (χ0v) is 18.6. The molecule has 1 aromatic heterocycles. The number of nitrogens with one attached hydrogen (secondary N) is 1. The van der Waals surface area contributed by atoms with Crippen LogP contribution in [0.5, 0.6) is 5.75 Å². The summed E-state index contributed by atoms with van der Waals surface area (Å²) in [7, 11) is 0. The first-order valence-corrected chi connectivity index (χ1v) is 11.1. The van der Waals surface area contributed by atoms with Crippen molar-refractivity contribution in [3.05, 3.63) is 90.5 Å². The van der Waals surface area contributed by atoms with Crippen LogP contribution in [-0.4, -0.2) is 26.0 Å². The molecule has 4 rings (SSSR count).